The van der Waals surface area contributed by atoms with E-state index >= 15 is 0 Å². The molecule has 13 rings (SSSR count). The fourth-order valence-electron chi connectivity index (χ4n) is 8.73. The molecule has 12 aromatic rings. The predicted octanol–water partition coefficient (Wildman–Crippen LogP) is 14.8. The van der Waals surface area contributed by atoms with Crippen molar-refractivity contribution in [1.82, 2.24) is 19.9 Å². The Morgan fingerprint density at radius 3 is 0.829 bits per heavy atom. The zero-order valence-electron chi connectivity index (χ0n) is 37.0. The summed E-state index contributed by atoms with van der Waals surface area (Å²) < 4.78 is 25.5. The van der Waals surface area contributed by atoms with Crippen molar-refractivity contribution in [3.63, 3.8) is 0 Å². The molecule has 8 bridgehead atoms. The van der Waals surface area contributed by atoms with E-state index in [1.165, 1.54) is 0 Å². The van der Waals surface area contributed by atoms with Gasteiger partial charge < -0.3 is 65.6 Å². The van der Waals surface area contributed by atoms with Gasteiger partial charge in [-0.05, 0) is 143 Å². The molecule has 0 saturated heterocycles. The minimum atomic E-state index is 0. The first kappa shape index (κ1) is 43.4. The smallest absolute Gasteiger partial charge is 0.870 e. The molecule has 70 heavy (non-hydrogen) atoms. The van der Waals surface area contributed by atoms with Gasteiger partial charge in [0.15, 0.2) is 0 Å². The number of fused-ring (bicyclic) bond motifs is 20. The van der Waals surface area contributed by atoms with Crippen molar-refractivity contribution >= 4 is 107 Å². The maximum Gasteiger partial charge on any atom is 3.00 e. The molecule has 1 aliphatic heterocycles. The summed E-state index contributed by atoms with van der Waals surface area (Å²) in [6.45, 7) is 0. The van der Waals surface area contributed by atoms with Crippen LogP contribution < -0.4 is 50.2 Å². The Hall–Kier alpha value is -9.19. The molecule has 0 aliphatic carbocycles. The second-order valence-electron chi connectivity index (χ2n) is 16.4. The Kier molecular flexibility index (Phi) is 11.2. The fraction of sp³-hybridized carbons (Fsp3) is 0. The Morgan fingerprint density at radius 1 is 0.257 bits per heavy atom. The number of ether oxygens (including phenoxy) is 4. The third-order valence-electron chi connectivity index (χ3n) is 11.9. The average molecular weight is 931 g/mol. The normalized spacial score (nSPS) is 11.7. The summed E-state index contributed by atoms with van der Waals surface area (Å²) in [6.07, 6.45) is 0. The van der Waals surface area contributed by atoms with E-state index in [1.807, 2.05) is 194 Å². The number of nitrogens with one attached hydrogen (secondary N) is 6. The van der Waals surface area contributed by atoms with Crippen molar-refractivity contribution in [1.29, 1.82) is 0 Å². The van der Waals surface area contributed by atoms with Crippen molar-refractivity contribution < 1.29 is 24.4 Å². The van der Waals surface area contributed by atoms with E-state index in [0.29, 0.717) is 69.5 Å². The van der Waals surface area contributed by atoms with Crippen LogP contribution >= 0.6 is 0 Å². The SMILES string of the molecule is [Al+3].[OH-].c1ccc(Oc2ccc3c4[n-]c(c3c2)Nc2[nH]c(c3cc(Oc5ccccc5)ccc23)Nc2[n-]c(c3cc(Oc5ccccc5)ccc23)Nc2[nH]c(c3cc(Oc5ccccc5)ccc23)N4)cc1. The van der Waals surface area contributed by atoms with E-state index in [4.69, 9.17) is 28.9 Å². The van der Waals surface area contributed by atoms with Crippen LogP contribution in [-0.2, 0) is 0 Å². The second kappa shape index (κ2) is 18.1. The van der Waals surface area contributed by atoms with Crippen LogP contribution in [0.3, 0.4) is 0 Å². The van der Waals surface area contributed by atoms with Crippen LogP contribution in [0.25, 0.3) is 43.1 Å². The first-order chi connectivity index (χ1) is 33.6. The predicted molar refractivity (Wildman–Crippen MR) is 278 cm³/mol. The Balaban J connectivity index is 0.00000267. The molecular weight excluding hydrogens is 892 g/mol. The molecule has 0 saturated carbocycles. The van der Waals surface area contributed by atoms with Gasteiger partial charge in [-0.25, -0.2) is 0 Å². The average Bonchev–Trinajstić information content (AvgIpc) is 4.10. The largest absolute Gasteiger partial charge is 3.00 e. The molecule has 8 aromatic carbocycles. The summed E-state index contributed by atoms with van der Waals surface area (Å²) in [7, 11) is 0. The van der Waals surface area contributed by atoms with Gasteiger partial charge in [-0.15, -0.1) is 0 Å². The van der Waals surface area contributed by atoms with E-state index in [2.05, 4.69) is 31.2 Å². The number of hydrogen-bond acceptors (Lipinski definition) is 9. The van der Waals surface area contributed by atoms with Gasteiger partial charge in [0, 0.05) is 44.8 Å². The molecule has 13 nitrogen and oxygen atoms in total. The fourth-order valence-corrected chi connectivity index (χ4v) is 8.73. The van der Waals surface area contributed by atoms with E-state index in [1.54, 1.807) is 0 Å². The molecule has 1 aliphatic rings. The third-order valence-corrected chi connectivity index (χ3v) is 11.9. The Morgan fingerprint density at radius 2 is 0.514 bits per heavy atom. The van der Waals surface area contributed by atoms with Gasteiger partial charge in [0.25, 0.3) is 0 Å². The van der Waals surface area contributed by atoms with E-state index < -0.39 is 0 Å². The van der Waals surface area contributed by atoms with Crippen molar-refractivity contribution in [3.8, 4) is 46.0 Å². The third kappa shape index (κ3) is 8.20. The maximum absolute atomic E-state index is 6.37. The van der Waals surface area contributed by atoms with Crippen LogP contribution in [0.5, 0.6) is 46.0 Å². The quantitative estimate of drug-likeness (QED) is 0.0800. The van der Waals surface area contributed by atoms with Crippen molar-refractivity contribution in [2.45, 2.75) is 0 Å². The molecule has 7 N–H and O–H groups in total. The number of H-pyrrole nitrogens is 2. The van der Waals surface area contributed by atoms with Gasteiger partial charge >= 0.3 is 17.4 Å². The first-order valence-corrected chi connectivity index (χ1v) is 22.1. The molecule has 0 spiro atoms. The summed E-state index contributed by atoms with van der Waals surface area (Å²) in [5, 5.41) is 21.7. The molecule has 336 valence electrons. The second-order valence-corrected chi connectivity index (χ2v) is 16.4. The number of rotatable bonds is 8. The number of para-hydroxylation sites is 4. The topological polar surface area (TPSA) is 175 Å². The standard InChI is InChI=1S/C56H38N8O4.Al.H2O/c1-5-13-33(14-6-1)65-37-21-25-41-45(29-37)53-57-49(41)62-54-47-31-39(67-35-17-9-3-10-18-35)23-27-43(47)51(59-54)64-56-48-32-40(68-36-19-11-4-12-20-36)24-28-44(48)52(60-56)63-55-46-30-38(66-34-15-7-2-8-16-34)22-26-42(46)50(58-55)61-53;;/h1-32,57,60-64H;;1H2/q-2;+3;/p-1. The van der Waals surface area contributed by atoms with Gasteiger partial charge in [0.05, 0.1) is 23.3 Å². The Labute approximate surface area is 410 Å². The van der Waals surface area contributed by atoms with Gasteiger partial charge in [0.1, 0.15) is 46.0 Å². The van der Waals surface area contributed by atoms with E-state index in [0.717, 1.165) is 66.1 Å². The summed E-state index contributed by atoms with van der Waals surface area (Å²) in [5.74, 6) is 10.9. The van der Waals surface area contributed by atoms with Crippen LogP contribution in [0, 0.1) is 0 Å². The number of hydrogen-bond donors (Lipinski definition) is 6. The molecule has 0 fully saturated rings. The van der Waals surface area contributed by atoms with E-state index in [-0.39, 0.29) is 22.8 Å². The van der Waals surface area contributed by atoms with Crippen molar-refractivity contribution in [2.24, 2.45) is 0 Å². The van der Waals surface area contributed by atoms with Gasteiger partial charge in [-0.1, -0.05) is 72.8 Å². The van der Waals surface area contributed by atoms with Crippen LogP contribution in [0.4, 0.5) is 46.5 Å². The van der Waals surface area contributed by atoms with Crippen LogP contribution in [0.15, 0.2) is 194 Å². The first-order valence-electron chi connectivity index (χ1n) is 22.1. The molecule has 0 radical (unpaired) electrons. The number of nitrogens with zero attached hydrogens (tertiary/aromatic N) is 2. The molecular formula is C56H39AlN8O5. The monoisotopic (exact) mass is 930 g/mol. The minimum absolute atomic E-state index is 0. The number of benzene rings is 8. The van der Waals surface area contributed by atoms with Gasteiger partial charge in [0.2, 0.25) is 0 Å². The number of aromatic amines is 2. The molecule has 4 aromatic heterocycles. The number of anilines is 8. The van der Waals surface area contributed by atoms with Crippen LogP contribution in [-0.4, -0.2) is 32.8 Å². The zero-order chi connectivity index (χ0) is 45.0. The van der Waals surface area contributed by atoms with Crippen LogP contribution in [0.2, 0.25) is 0 Å². The summed E-state index contributed by atoms with van der Waals surface area (Å²) in [4.78, 5) is 17.9. The summed E-state index contributed by atoms with van der Waals surface area (Å²) in [5.41, 5.74) is 0. The minimum Gasteiger partial charge on any atom is -0.870 e. The Bertz CT molecular complexity index is 3320. The number of aromatic nitrogens is 4. The molecule has 5 heterocycles. The molecule has 0 amide bonds. The van der Waals surface area contributed by atoms with E-state index in [9.17, 15) is 0 Å². The van der Waals surface area contributed by atoms with Crippen LogP contribution in [0.1, 0.15) is 0 Å². The molecule has 0 unspecified atom stereocenters. The summed E-state index contributed by atoms with van der Waals surface area (Å²) in [6, 6.07) is 63.0. The van der Waals surface area contributed by atoms with Gasteiger partial charge in [-0.3, -0.25) is 0 Å². The molecule has 0 atom stereocenters. The maximum atomic E-state index is 6.37. The zero-order valence-corrected chi connectivity index (χ0v) is 38.2. The van der Waals surface area contributed by atoms with Gasteiger partial charge in [-0.2, -0.15) is 0 Å². The van der Waals surface area contributed by atoms with Crippen molar-refractivity contribution in [3.05, 3.63) is 194 Å². The summed E-state index contributed by atoms with van der Waals surface area (Å²) >= 11 is 0. The molecule has 14 heteroatoms. The van der Waals surface area contributed by atoms with Crippen molar-refractivity contribution in [2.75, 3.05) is 21.3 Å².